The molecule has 1 aromatic carbocycles. The highest BCUT2D eigenvalue weighted by Crippen LogP contribution is 2.06. The molecule has 0 aliphatic heterocycles. The van der Waals surface area contributed by atoms with Gasteiger partial charge in [-0.25, -0.2) is 4.98 Å². The van der Waals surface area contributed by atoms with Crippen LogP contribution in [-0.4, -0.2) is 15.8 Å². The fourth-order valence-corrected chi connectivity index (χ4v) is 1.72. The van der Waals surface area contributed by atoms with Gasteiger partial charge in [0, 0.05) is 12.6 Å². The molecule has 3 nitrogen and oxygen atoms in total. The minimum absolute atomic E-state index is 0.104. The summed E-state index contributed by atoms with van der Waals surface area (Å²) in [5.41, 5.74) is 1.62. The van der Waals surface area contributed by atoms with Crippen LogP contribution in [0, 0.1) is 0 Å². The summed E-state index contributed by atoms with van der Waals surface area (Å²) in [6, 6.07) is 9.63. The van der Waals surface area contributed by atoms with Gasteiger partial charge in [0.1, 0.15) is 10.9 Å². The van der Waals surface area contributed by atoms with E-state index in [-0.39, 0.29) is 12.2 Å². The first-order valence-electron chi connectivity index (χ1n) is 5.26. The molecule has 0 radical (unpaired) electrons. The standard InChI is InChI=1S/C13H11ClN2O/c14-13-9-15-8-11(16-13)7-12(17)6-10-4-2-1-3-5-10/h1-5,8-9H,6-7H2. The molecule has 1 heterocycles. The van der Waals surface area contributed by atoms with Gasteiger partial charge < -0.3 is 0 Å². The van der Waals surface area contributed by atoms with Gasteiger partial charge in [-0.05, 0) is 5.56 Å². The van der Waals surface area contributed by atoms with Crippen molar-refractivity contribution >= 4 is 17.4 Å². The highest BCUT2D eigenvalue weighted by Gasteiger charge is 2.06. The van der Waals surface area contributed by atoms with Crippen LogP contribution in [0.15, 0.2) is 42.7 Å². The first-order valence-corrected chi connectivity index (χ1v) is 5.64. The molecule has 0 saturated carbocycles. The number of carbonyl (C=O) groups is 1. The molecule has 4 heteroatoms. The number of hydrogen-bond donors (Lipinski definition) is 0. The maximum atomic E-state index is 11.8. The SMILES string of the molecule is O=C(Cc1ccccc1)Cc1cncc(Cl)n1. The van der Waals surface area contributed by atoms with E-state index in [4.69, 9.17) is 11.6 Å². The van der Waals surface area contributed by atoms with E-state index in [1.807, 2.05) is 30.3 Å². The number of nitrogens with zero attached hydrogens (tertiary/aromatic N) is 2. The zero-order valence-corrected chi connectivity index (χ0v) is 9.89. The molecule has 2 aromatic rings. The predicted octanol–water partition coefficient (Wildman–Crippen LogP) is 2.48. The van der Waals surface area contributed by atoms with Crippen LogP contribution in [-0.2, 0) is 17.6 Å². The van der Waals surface area contributed by atoms with Crippen LogP contribution in [0.2, 0.25) is 5.15 Å². The third-order valence-corrected chi connectivity index (χ3v) is 2.46. The predicted molar refractivity (Wildman–Crippen MR) is 65.9 cm³/mol. The fourth-order valence-electron chi connectivity index (χ4n) is 1.55. The summed E-state index contributed by atoms with van der Waals surface area (Å²) < 4.78 is 0. The van der Waals surface area contributed by atoms with Gasteiger partial charge in [-0.1, -0.05) is 41.9 Å². The number of carbonyl (C=O) groups excluding carboxylic acids is 1. The third-order valence-electron chi connectivity index (χ3n) is 2.28. The van der Waals surface area contributed by atoms with Gasteiger partial charge in [0.2, 0.25) is 0 Å². The van der Waals surface area contributed by atoms with Crippen molar-refractivity contribution in [2.75, 3.05) is 0 Å². The Morgan fingerprint density at radius 1 is 1.12 bits per heavy atom. The minimum atomic E-state index is 0.104. The second-order valence-electron chi connectivity index (χ2n) is 3.71. The quantitative estimate of drug-likeness (QED) is 0.832. The van der Waals surface area contributed by atoms with E-state index in [0.29, 0.717) is 17.3 Å². The Morgan fingerprint density at radius 3 is 2.59 bits per heavy atom. The average Bonchev–Trinajstić information content (AvgIpc) is 2.30. The molecule has 0 N–H and O–H groups in total. The third kappa shape index (κ3) is 3.64. The van der Waals surface area contributed by atoms with Crippen molar-refractivity contribution in [3.05, 3.63) is 59.1 Å². The highest BCUT2D eigenvalue weighted by molar-refractivity contribution is 6.29. The zero-order chi connectivity index (χ0) is 12.1. The molecule has 0 fully saturated rings. The van der Waals surface area contributed by atoms with Crippen molar-refractivity contribution in [3.8, 4) is 0 Å². The minimum Gasteiger partial charge on any atom is -0.299 e. The van der Waals surface area contributed by atoms with E-state index in [0.717, 1.165) is 5.56 Å². The van der Waals surface area contributed by atoms with Crippen molar-refractivity contribution in [1.82, 2.24) is 9.97 Å². The van der Waals surface area contributed by atoms with Crippen molar-refractivity contribution in [2.45, 2.75) is 12.8 Å². The van der Waals surface area contributed by atoms with E-state index < -0.39 is 0 Å². The first-order chi connectivity index (χ1) is 8.24. The average molecular weight is 247 g/mol. The Morgan fingerprint density at radius 2 is 1.88 bits per heavy atom. The molecule has 0 saturated heterocycles. The molecule has 0 bridgehead atoms. The van der Waals surface area contributed by atoms with Crippen molar-refractivity contribution < 1.29 is 4.79 Å². The zero-order valence-electron chi connectivity index (χ0n) is 9.14. The van der Waals surface area contributed by atoms with Crippen LogP contribution in [0.25, 0.3) is 0 Å². The lowest BCUT2D eigenvalue weighted by molar-refractivity contribution is -0.117. The summed E-state index contributed by atoms with van der Waals surface area (Å²) in [6.07, 6.45) is 3.69. The monoisotopic (exact) mass is 246 g/mol. The van der Waals surface area contributed by atoms with Crippen LogP contribution < -0.4 is 0 Å². The molecule has 0 aliphatic carbocycles. The summed E-state index contributed by atoms with van der Waals surface area (Å²) >= 11 is 5.70. The molecular formula is C13H11ClN2O. The normalized spacial score (nSPS) is 10.2. The summed E-state index contributed by atoms with van der Waals surface area (Å²) in [5, 5.41) is 0.315. The molecule has 0 amide bonds. The van der Waals surface area contributed by atoms with Gasteiger partial charge >= 0.3 is 0 Å². The first kappa shape index (κ1) is 11.7. The molecular weight excluding hydrogens is 236 g/mol. The summed E-state index contributed by atoms with van der Waals surface area (Å²) in [5.74, 6) is 0.104. The molecule has 17 heavy (non-hydrogen) atoms. The lowest BCUT2D eigenvalue weighted by atomic mass is 10.1. The topological polar surface area (TPSA) is 42.9 Å². The Kier molecular flexibility index (Phi) is 3.83. The van der Waals surface area contributed by atoms with E-state index in [1.165, 1.54) is 6.20 Å². The van der Waals surface area contributed by atoms with E-state index >= 15 is 0 Å². The van der Waals surface area contributed by atoms with E-state index in [1.54, 1.807) is 6.20 Å². The Balaban J connectivity index is 1.98. The summed E-state index contributed by atoms with van der Waals surface area (Å²) in [6.45, 7) is 0. The summed E-state index contributed by atoms with van der Waals surface area (Å²) in [4.78, 5) is 19.7. The molecule has 86 valence electrons. The van der Waals surface area contributed by atoms with E-state index in [9.17, 15) is 4.79 Å². The second-order valence-corrected chi connectivity index (χ2v) is 4.10. The maximum Gasteiger partial charge on any atom is 0.147 e. The van der Waals surface area contributed by atoms with Gasteiger partial charge in [-0.3, -0.25) is 9.78 Å². The van der Waals surface area contributed by atoms with Crippen LogP contribution in [0.4, 0.5) is 0 Å². The van der Waals surface area contributed by atoms with Crippen LogP contribution in [0.3, 0.4) is 0 Å². The van der Waals surface area contributed by atoms with Gasteiger partial charge in [-0.15, -0.1) is 0 Å². The van der Waals surface area contributed by atoms with Crippen LogP contribution in [0.5, 0.6) is 0 Å². The fraction of sp³-hybridized carbons (Fsp3) is 0.154. The molecule has 1 aromatic heterocycles. The lowest BCUT2D eigenvalue weighted by Crippen LogP contribution is -2.08. The highest BCUT2D eigenvalue weighted by atomic mass is 35.5. The molecule has 0 spiro atoms. The Bertz CT molecular complexity index is 514. The van der Waals surface area contributed by atoms with Gasteiger partial charge in [0.25, 0.3) is 0 Å². The number of ketones is 1. The number of halogens is 1. The summed E-state index contributed by atoms with van der Waals surface area (Å²) in [7, 11) is 0. The van der Waals surface area contributed by atoms with Gasteiger partial charge in [-0.2, -0.15) is 0 Å². The molecule has 0 atom stereocenters. The second kappa shape index (κ2) is 5.55. The van der Waals surface area contributed by atoms with Gasteiger partial charge in [0.05, 0.1) is 18.3 Å². The molecule has 0 aliphatic rings. The lowest BCUT2D eigenvalue weighted by Gasteiger charge is -2.01. The van der Waals surface area contributed by atoms with Gasteiger partial charge in [0.15, 0.2) is 0 Å². The Labute approximate surface area is 104 Å². The largest absolute Gasteiger partial charge is 0.299 e. The molecule has 2 rings (SSSR count). The van der Waals surface area contributed by atoms with Crippen molar-refractivity contribution in [2.24, 2.45) is 0 Å². The number of hydrogen-bond acceptors (Lipinski definition) is 3. The molecule has 0 unspecified atom stereocenters. The number of benzene rings is 1. The van der Waals surface area contributed by atoms with Crippen molar-refractivity contribution in [3.63, 3.8) is 0 Å². The van der Waals surface area contributed by atoms with E-state index in [2.05, 4.69) is 9.97 Å². The Hall–Kier alpha value is -1.74. The maximum absolute atomic E-state index is 11.8. The van der Waals surface area contributed by atoms with Crippen molar-refractivity contribution in [1.29, 1.82) is 0 Å². The number of Topliss-reactive ketones (excluding diaryl/α,β-unsaturated/α-hetero) is 1. The number of rotatable bonds is 4. The van der Waals surface area contributed by atoms with Crippen LogP contribution in [0.1, 0.15) is 11.3 Å². The van der Waals surface area contributed by atoms with Crippen LogP contribution >= 0.6 is 11.6 Å². The number of aromatic nitrogens is 2. The smallest absolute Gasteiger partial charge is 0.147 e.